The molecule has 2 aromatic rings. The second-order valence-corrected chi connectivity index (χ2v) is 6.51. The first kappa shape index (κ1) is 17.4. The molecular formula is C15H14ClFO5S. The van der Waals surface area contributed by atoms with Gasteiger partial charge in [0.1, 0.15) is 16.5 Å². The Morgan fingerprint density at radius 2 is 1.65 bits per heavy atom. The lowest BCUT2D eigenvalue weighted by atomic mass is 10.2. The molecule has 0 saturated carbocycles. The van der Waals surface area contributed by atoms with Crippen molar-refractivity contribution in [2.45, 2.75) is 11.8 Å². The SMILES string of the molecule is COc1cc(F)c(S(=O)(=O)Oc2ccc(Cl)c(C)c2)cc1OC. The Kier molecular flexibility index (Phi) is 5.01. The lowest BCUT2D eigenvalue weighted by molar-refractivity contribution is 0.349. The van der Waals surface area contributed by atoms with Crippen molar-refractivity contribution in [3.8, 4) is 17.2 Å². The first-order valence-electron chi connectivity index (χ1n) is 6.40. The fourth-order valence-corrected chi connectivity index (χ4v) is 2.98. The van der Waals surface area contributed by atoms with Crippen LogP contribution in [0.5, 0.6) is 17.2 Å². The van der Waals surface area contributed by atoms with Crippen LogP contribution in [0.1, 0.15) is 5.56 Å². The highest BCUT2D eigenvalue weighted by Gasteiger charge is 2.25. The quantitative estimate of drug-likeness (QED) is 0.763. The van der Waals surface area contributed by atoms with Crippen molar-refractivity contribution in [2.24, 2.45) is 0 Å². The molecule has 0 saturated heterocycles. The van der Waals surface area contributed by atoms with Gasteiger partial charge >= 0.3 is 10.1 Å². The zero-order chi connectivity index (χ0) is 17.2. The van der Waals surface area contributed by atoms with E-state index in [1.165, 1.54) is 32.4 Å². The summed E-state index contributed by atoms with van der Waals surface area (Å²) in [5.74, 6) is -0.830. The number of ether oxygens (including phenoxy) is 2. The van der Waals surface area contributed by atoms with Crippen molar-refractivity contribution in [2.75, 3.05) is 14.2 Å². The Bertz CT molecular complexity index is 836. The smallest absolute Gasteiger partial charge is 0.342 e. The van der Waals surface area contributed by atoms with Gasteiger partial charge in [0.2, 0.25) is 0 Å². The summed E-state index contributed by atoms with van der Waals surface area (Å²) < 4.78 is 53.5. The molecule has 0 atom stereocenters. The van der Waals surface area contributed by atoms with E-state index in [1.54, 1.807) is 6.92 Å². The first-order valence-corrected chi connectivity index (χ1v) is 8.19. The molecule has 2 rings (SSSR count). The molecule has 0 fully saturated rings. The van der Waals surface area contributed by atoms with E-state index in [4.69, 9.17) is 25.3 Å². The van der Waals surface area contributed by atoms with Crippen LogP contribution in [-0.2, 0) is 10.1 Å². The van der Waals surface area contributed by atoms with Crippen molar-refractivity contribution in [1.82, 2.24) is 0 Å². The second kappa shape index (κ2) is 6.64. The molecule has 0 unspecified atom stereocenters. The van der Waals surface area contributed by atoms with E-state index in [0.29, 0.717) is 10.6 Å². The Labute approximate surface area is 138 Å². The Balaban J connectivity index is 2.45. The molecule has 0 bridgehead atoms. The van der Waals surface area contributed by atoms with Crippen LogP contribution >= 0.6 is 11.6 Å². The lowest BCUT2D eigenvalue weighted by Gasteiger charge is -2.12. The summed E-state index contributed by atoms with van der Waals surface area (Å²) in [5.41, 5.74) is 0.632. The predicted octanol–water partition coefficient (Wildman–Crippen LogP) is 3.57. The van der Waals surface area contributed by atoms with Gasteiger partial charge in [0.15, 0.2) is 11.5 Å². The van der Waals surface area contributed by atoms with Gasteiger partial charge in [0, 0.05) is 17.2 Å². The van der Waals surface area contributed by atoms with Crippen molar-refractivity contribution in [1.29, 1.82) is 0 Å². The normalized spacial score (nSPS) is 11.2. The lowest BCUT2D eigenvalue weighted by Crippen LogP contribution is -2.12. The van der Waals surface area contributed by atoms with Crippen LogP contribution in [0.4, 0.5) is 4.39 Å². The van der Waals surface area contributed by atoms with E-state index in [1.807, 2.05) is 0 Å². The molecule has 0 aliphatic heterocycles. The van der Waals surface area contributed by atoms with E-state index in [2.05, 4.69) is 0 Å². The highest BCUT2D eigenvalue weighted by Crippen LogP contribution is 2.33. The monoisotopic (exact) mass is 360 g/mol. The maximum atomic E-state index is 14.1. The number of methoxy groups -OCH3 is 2. The number of aryl methyl sites for hydroxylation is 1. The van der Waals surface area contributed by atoms with Crippen molar-refractivity contribution in [3.63, 3.8) is 0 Å². The van der Waals surface area contributed by atoms with Gasteiger partial charge in [-0.25, -0.2) is 4.39 Å². The van der Waals surface area contributed by atoms with Crippen LogP contribution in [0.25, 0.3) is 0 Å². The first-order chi connectivity index (χ1) is 10.8. The predicted molar refractivity (Wildman–Crippen MR) is 83.5 cm³/mol. The van der Waals surface area contributed by atoms with E-state index < -0.39 is 20.8 Å². The third-order valence-electron chi connectivity index (χ3n) is 3.04. The average molecular weight is 361 g/mol. The second-order valence-electron chi connectivity index (χ2n) is 4.59. The maximum Gasteiger partial charge on any atom is 0.342 e. The number of halogens is 2. The zero-order valence-corrected chi connectivity index (χ0v) is 14.2. The minimum atomic E-state index is -4.38. The summed E-state index contributed by atoms with van der Waals surface area (Å²) in [7, 11) is -1.75. The largest absolute Gasteiger partial charge is 0.493 e. The highest BCUT2D eigenvalue weighted by atomic mass is 35.5. The van der Waals surface area contributed by atoms with Gasteiger partial charge in [-0.15, -0.1) is 0 Å². The number of hydrogen-bond acceptors (Lipinski definition) is 5. The van der Waals surface area contributed by atoms with E-state index in [-0.39, 0.29) is 17.2 Å². The van der Waals surface area contributed by atoms with Crippen LogP contribution in [-0.4, -0.2) is 22.6 Å². The molecule has 0 aliphatic rings. The van der Waals surface area contributed by atoms with Crippen LogP contribution < -0.4 is 13.7 Å². The molecule has 124 valence electrons. The summed E-state index contributed by atoms with van der Waals surface area (Å²) in [6.07, 6.45) is 0. The van der Waals surface area contributed by atoms with Gasteiger partial charge in [-0.1, -0.05) is 11.6 Å². The maximum absolute atomic E-state index is 14.1. The zero-order valence-electron chi connectivity index (χ0n) is 12.6. The highest BCUT2D eigenvalue weighted by molar-refractivity contribution is 7.87. The molecule has 0 radical (unpaired) electrons. The van der Waals surface area contributed by atoms with Crippen LogP contribution in [0.3, 0.4) is 0 Å². The standard InChI is InChI=1S/C15H14ClFO5S/c1-9-6-10(4-5-11(9)16)22-23(18,19)15-8-14(21-3)13(20-2)7-12(15)17/h4-8H,1-3H3. The minimum Gasteiger partial charge on any atom is -0.493 e. The van der Waals surface area contributed by atoms with E-state index in [0.717, 1.165) is 12.1 Å². The van der Waals surface area contributed by atoms with Gasteiger partial charge in [-0.05, 0) is 30.7 Å². The summed E-state index contributed by atoms with van der Waals surface area (Å²) >= 11 is 5.87. The number of rotatable bonds is 5. The Morgan fingerprint density at radius 3 is 2.22 bits per heavy atom. The average Bonchev–Trinajstić information content (AvgIpc) is 2.50. The van der Waals surface area contributed by atoms with E-state index >= 15 is 0 Å². The topological polar surface area (TPSA) is 61.8 Å². The fraction of sp³-hybridized carbons (Fsp3) is 0.200. The number of benzene rings is 2. The van der Waals surface area contributed by atoms with Gasteiger partial charge in [0.05, 0.1) is 14.2 Å². The Morgan fingerprint density at radius 1 is 1.04 bits per heavy atom. The van der Waals surface area contributed by atoms with Crippen LogP contribution in [0, 0.1) is 12.7 Å². The molecule has 0 aliphatic carbocycles. The Hall–Kier alpha value is -1.99. The summed E-state index contributed by atoms with van der Waals surface area (Å²) in [6, 6.07) is 6.24. The summed E-state index contributed by atoms with van der Waals surface area (Å²) in [6.45, 7) is 1.69. The summed E-state index contributed by atoms with van der Waals surface area (Å²) in [5, 5.41) is 0.465. The molecule has 0 amide bonds. The molecule has 0 spiro atoms. The van der Waals surface area contributed by atoms with Crippen molar-refractivity contribution in [3.05, 3.63) is 46.7 Å². The summed E-state index contributed by atoms with van der Waals surface area (Å²) in [4.78, 5) is -0.650. The molecule has 8 heteroatoms. The molecule has 0 aromatic heterocycles. The van der Waals surface area contributed by atoms with Gasteiger partial charge in [-0.2, -0.15) is 8.42 Å². The molecule has 2 aromatic carbocycles. The number of hydrogen-bond donors (Lipinski definition) is 0. The third-order valence-corrected chi connectivity index (χ3v) is 4.73. The van der Waals surface area contributed by atoms with Gasteiger partial charge in [0.25, 0.3) is 0 Å². The minimum absolute atomic E-state index is 0.0288. The van der Waals surface area contributed by atoms with Crippen LogP contribution in [0.2, 0.25) is 5.02 Å². The van der Waals surface area contributed by atoms with Crippen molar-refractivity contribution >= 4 is 21.7 Å². The molecule has 23 heavy (non-hydrogen) atoms. The van der Waals surface area contributed by atoms with E-state index in [9.17, 15) is 12.8 Å². The van der Waals surface area contributed by atoms with Crippen molar-refractivity contribution < 1.29 is 26.5 Å². The molecule has 0 N–H and O–H groups in total. The fourth-order valence-electron chi connectivity index (χ4n) is 1.87. The molecule has 0 heterocycles. The molecule has 5 nitrogen and oxygen atoms in total. The van der Waals surface area contributed by atoms with Gasteiger partial charge in [-0.3, -0.25) is 0 Å². The molecular weight excluding hydrogens is 347 g/mol. The van der Waals surface area contributed by atoms with Crippen LogP contribution in [0.15, 0.2) is 35.2 Å². The third kappa shape index (κ3) is 3.68. The van der Waals surface area contributed by atoms with Gasteiger partial charge < -0.3 is 13.7 Å².